The third kappa shape index (κ3) is 2.92. The number of urea groups is 1. The number of carbonyl (C=O) groups excluding carboxylic acids is 2. The highest BCUT2D eigenvalue weighted by atomic mass is 16.5. The molecule has 0 aromatic heterocycles. The summed E-state index contributed by atoms with van der Waals surface area (Å²) in [5.74, 6) is 0.677. The van der Waals surface area contributed by atoms with Gasteiger partial charge in [0.25, 0.3) is 0 Å². The second kappa shape index (κ2) is 5.53. The van der Waals surface area contributed by atoms with Crippen LogP contribution in [0.3, 0.4) is 0 Å². The highest BCUT2D eigenvalue weighted by Crippen LogP contribution is 2.22. The van der Waals surface area contributed by atoms with Crippen LogP contribution < -0.4 is 10.1 Å². The standard InChI is InChI=1S/C15H20N2O3/c1-15(2)10-16-14(19)17(13(15)18)9-8-11-4-6-12(20-3)7-5-11/h4-7H,8-10H2,1-3H3,(H,16,19). The molecule has 0 atom stereocenters. The zero-order chi connectivity index (χ0) is 14.8. The summed E-state index contributed by atoms with van der Waals surface area (Å²) < 4.78 is 5.10. The summed E-state index contributed by atoms with van der Waals surface area (Å²) in [4.78, 5) is 25.3. The van der Waals surface area contributed by atoms with E-state index in [1.807, 2.05) is 38.1 Å². The minimum absolute atomic E-state index is 0.116. The number of amides is 3. The molecule has 0 unspecified atom stereocenters. The van der Waals surface area contributed by atoms with E-state index >= 15 is 0 Å². The topological polar surface area (TPSA) is 58.6 Å². The summed E-state index contributed by atoms with van der Waals surface area (Å²) in [5, 5.41) is 2.75. The van der Waals surface area contributed by atoms with E-state index in [2.05, 4.69) is 5.32 Å². The highest BCUT2D eigenvalue weighted by molar-refractivity contribution is 5.99. The molecule has 20 heavy (non-hydrogen) atoms. The minimum atomic E-state index is -0.534. The van der Waals surface area contributed by atoms with Crippen LogP contribution in [0, 0.1) is 5.41 Å². The Morgan fingerprint density at radius 3 is 2.50 bits per heavy atom. The molecule has 0 spiro atoms. The van der Waals surface area contributed by atoms with Crippen LogP contribution in [0.25, 0.3) is 0 Å². The Morgan fingerprint density at radius 2 is 1.90 bits per heavy atom. The van der Waals surface area contributed by atoms with Crippen molar-refractivity contribution in [2.24, 2.45) is 5.41 Å². The lowest BCUT2D eigenvalue weighted by Gasteiger charge is -2.36. The van der Waals surface area contributed by atoms with Gasteiger partial charge in [-0.2, -0.15) is 0 Å². The van der Waals surface area contributed by atoms with Gasteiger partial charge in [-0.3, -0.25) is 9.69 Å². The van der Waals surface area contributed by atoms with Crippen molar-refractivity contribution >= 4 is 11.9 Å². The van der Waals surface area contributed by atoms with Crippen molar-refractivity contribution in [3.63, 3.8) is 0 Å². The van der Waals surface area contributed by atoms with Crippen molar-refractivity contribution in [1.82, 2.24) is 10.2 Å². The molecule has 3 amide bonds. The van der Waals surface area contributed by atoms with Gasteiger partial charge in [-0.05, 0) is 38.0 Å². The molecular formula is C15H20N2O3. The van der Waals surface area contributed by atoms with Crippen LogP contribution in [0.15, 0.2) is 24.3 Å². The first kappa shape index (κ1) is 14.4. The molecule has 108 valence electrons. The van der Waals surface area contributed by atoms with E-state index in [1.54, 1.807) is 7.11 Å². The minimum Gasteiger partial charge on any atom is -0.497 e. The van der Waals surface area contributed by atoms with Gasteiger partial charge < -0.3 is 10.1 Å². The molecule has 0 radical (unpaired) electrons. The smallest absolute Gasteiger partial charge is 0.324 e. The molecule has 0 bridgehead atoms. The fraction of sp³-hybridized carbons (Fsp3) is 0.467. The van der Waals surface area contributed by atoms with Gasteiger partial charge in [0.15, 0.2) is 0 Å². The number of nitrogens with zero attached hydrogens (tertiary/aromatic N) is 1. The number of carbonyl (C=O) groups is 2. The van der Waals surface area contributed by atoms with Crippen molar-refractivity contribution in [2.45, 2.75) is 20.3 Å². The lowest BCUT2D eigenvalue weighted by atomic mass is 9.90. The lowest BCUT2D eigenvalue weighted by molar-refractivity contribution is -0.138. The van der Waals surface area contributed by atoms with Crippen molar-refractivity contribution in [3.05, 3.63) is 29.8 Å². The number of imide groups is 1. The summed E-state index contributed by atoms with van der Waals surface area (Å²) in [6.07, 6.45) is 0.638. The number of rotatable bonds is 4. The Bertz CT molecular complexity index is 508. The average Bonchev–Trinajstić information content (AvgIpc) is 2.44. The lowest BCUT2D eigenvalue weighted by Crippen LogP contribution is -2.58. The molecule has 5 nitrogen and oxygen atoms in total. The van der Waals surface area contributed by atoms with E-state index in [4.69, 9.17) is 4.74 Å². The van der Waals surface area contributed by atoms with Crippen LogP contribution >= 0.6 is 0 Å². The first-order valence-electron chi connectivity index (χ1n) is 6.67. The van der Waals surface area contributed by atoms with Gasteiger partial charge in [-0.25, -0.2) is 4.79 Å². The first-order valence-corrected chi connectivity index (χ1v) is 6.67. The maximum Gasteiger partial charge on any atom is 0.324 e. The van der Waals surface area contributed by atoms with E-state index in [0.717, 1.165) is 11.3 Å². The van der Waals surface area contributed by atoms with E-state index in [9.17, 15) is 9.59 Å². The summed E-state index contributed by atoms with van der Waals surface area (Å²) in [7, 11) is 1.62. The number of hydrogen-bond donors (Lipinski definition) is 1. The van der Waals surface area contributed by atoms with E-state index in [-0.39, 0.29) is 11.9 Å². The van der Waals surface area contributed by atoms with Gasteiger partial charge in [0.05, 0.1) is 12.5 Å². The van der Waals surface area contributed by atoms with Crippen LogP contribution in [0.4, 0.5) is 4.79 Å². The van der Waals surface area contributed by atoms with Crippen LogP contribution in [0.1, 0.15) is 19.4 Å². The van der Waals surface area contributed by atoms with Crippen LogP contribution in [-0.2, 0) is 11.2 Å². The normalized spacial score (nSPS) is 17.9. The Labute approximate surface area is 118 Å². The molecule has 1 aromatic rings. The fourth-order valence-corrected chi connectivity index (χ4v) is 2.16. The third-order valence-electron chi connectivity index (χ3n) is 3.53. The predicted octanol–water partition coefficient (Wildman–Crippen LogP) is 1.82. The molecule has 2 rings (SSSR count). The SMILES string of the molecule is COc1ccc(CCN2C(=O)NCC(C)(C)C2=O)cc1. The zero-order valence-electron chi connectivity index (χ0n) is 12.1. The largest absolute Gasteiger partial charge is 0.497 e. The number of hydrogen-bond acceptors (Lipinski definition) is 3. The van der Waals surface area contributed by atoms with Crippen molar-refractivity contribution in [3.8, 4) is 5.75 Å². The fourth-order valence-electron chi connectivity index (χ4n) is 2.16. The van der Waals surface area contributed by atoms with E-state index in [1.165, 1.54) is 4.90 Å². The Kier molecular flexibility index (Phi) is 3.97. The molecule has 0 saturated carbocycles. The molecule has 1 fully saturated rings. The Hall–Kier alpha value is -2.04. The third-order valence-corrected chi connectivity index (χ3v) is 3.53. The molecule has 1 saturated heterocycles. The van der Waals surface area contributed by atoms with Gasteiger partial charge in [0.1, 0.15) is 5.75 Å². The summed E-state index contributed by atoms with van der Waals surface area (Å²) >= 11 is 0. The van der Waals surface area contributed by atoms with E-state index in [0.29, 0.717) is 19.5 Å². The van der Waals surface area contributed by atoms with Gasteiger partial charge in [-0.15, -0.1) is 0 Å². The molecule has 5 heteroatoms. The van der Waals surface area contributed by atoms with Crippen LogP contribution in [0.5, 0.6) is 5.75 Å². The molecule has 1 heterocycles. The Balaban J connectivity index is 2.01. The highest BCUT2D eigenvalue weighted by Gasteiger charge is 2.39. The second-order valence-electron chi connectivity index (χ2n) is 5.60. The first-order chi connectivity index (χ1) is 9.44. The van der Waals surface area contributed by atoms with Crippen LogP contribution in [0.2, 0.25) is 0 Å². The van der Waals surface area contributed by atoms with Gasteiger partial charge in [-0.1, -0.05) is 12.1 Å². The predicted molar refractivity (Wildman–Crippen MR) is 75.6 cm³/mol. The number of nitrogens with one attached hydrogen (secondary N) is 1. The molecule has 0 aliphatic carbocycles. The summed E-state index contributed by atoms with van der Waals surface area (Å²) in [6, 6.07) is 7.32. The van der Waals surface area contributed by atoms with Gasteiger partial charge >= 0.3 is 6.03 Å². The van der Waals surface area contributed by atoms with Crippen molar-refractivity contribution < 1.29 is 14.3 Å². The Morgan fingerprint density at radius 1 is 1.25 bits per heavy atom. The number of benzene rings is 1. The molecule has 1 aliphatic rings. The van der Waals surface area contributed by atoms with Crippen molar-refractivity contribution in [2.75, 3.05) is 20.2 Å². The van der Waals surface area contributed by atoms with Crippen molar-refractivity contribution in [1.29, 1.82) is 0 Å². The average molecular weight is 276 g/mol. The number of ether oxygens (including phenoxy) is 1. The second-order valence-corrected chi connectivity index (χ2v) is 5.60. The molecular weight excluding hydrogens is 256 g/mol. The maximum atomic E-state index is 12.2. The zero-order valence-corrected chi connectivity index (χ0v) is 12.1. The quantitative estimate of drug-likeness (QED) is 0.912. The molecule has 1 N–H and O–H groups in total. The molecule has 1 aromatic carbocycles. The van der Waals surface area contributed by atoms with Gasteiger partial charge in [0.2, 0.25) is 5.91 Å². The summed E-state index contributed by atoms with van der Waals surface area (Å²) in [5.41, 5.74) is 0.531. The number of methoxy groups -OCH3 is 1. The van der Waals surface area contributed by atoms with Crippen LogP contribution in [-0.4, -0.2) is 37.0 Å². The maximum absolute atomic E-state index is 12.2. The summed E-state index contributed by atoms with van der Waals surface area (Å²) in [6.45, 7) is 4.47. The monoisotopic (exact) mass is 276 g/mol. The van der Waals surface area contributed by atoms with E-state index < -0.39 is 5.41 Å². The van der Waals surface area contributed by atoms with Gasteiger partial charge in [0, 0.05) is 13.1 Å². The molecule has 1 aliphatic heterocycles.